The Morgan fingerprint density at radius 1 is 1.36 bits per heavy atom. The van der Waals surface area contributed by atoms with E-state index in [-0.39, 0.29) is 11.6 Å². The Morgan fingerprint density at radius 3 is 2.50 bits per heavy atom. The van der Waals surface area contributed by atoms with E-state index >= 15 is 0 Å². The summed E-state index contributed by atoms with van der Waals surface area (Å²) in [6.45, 7) is -0.199. The number of halogens is 4. The monoisotopic (exact) mass is 223 g/mol. The van der Waals surface area contributed by atoms with Gasteiger partial charge in [-0.25, -0.2) is 13.2 Å². The third kappa shape index (κ3) is 2.39. The molecule has 0 radical (unpaired) electrons. The Bertz CT molecular complexity index is 328. The van der Waals surface area contributed by atoms with Gasteiger partial charge in [-0.1, -0.05) is 11.6 Å². The molecule has 0 saturated carbocycles. The second-order valence-electron chi connectivity index (χ2n) is 2.87. The first-order valence-corrected chi connectivity index (χ1v) is 4.38. The summed E-state index contributed by atoms with van der Waals surface area (Å²) < 4.78 is 39.4. The highest BCUT2D eigenvalue weighted by atomic mass is 35.5. The van der Waals surface area contributed by atoms with Crippen molar-refractivity contribution in [1.82, 2.24) is 0 Å². The molecule has 14 heavy (non-hydrogen) atoms. The molecule has 1 aromatic rings. The first-order valence-electron chi connectivity index (χ1n) is 4.01. The van der Waals surface area contributed by atoms with Crippen molar-refractivity contribution in [3.05, 3.63) is 34.6 Å². The average molecular weight is 224 g/mol. The van der Waals surface area contributed by atoms with Gasteiger partial charge < -0.3 is 5.73 Å². The fourth-order valence-electron chi connectivity index (χ4n) is 1.10. The predicted octanol–water partition coefficient (Wildman–Crippen LogP) is 2.92. The summed E-state index contributed by atoms with van der Waals surface area (Å²) in [6, 6.07) is 3.07. The molecule has 0 unspecified atom stereocenters. The van der Waals surface area contributed by atoms with Gasteiger partial charge in [-0.05, 0) is 24.7 Å². The van der Waals surface area contributed by atoms with Gasteiger partial charge in [0.25, 0.3) is 5.92 Å². The van der Waals surface area contributed by atoms with Crippen molar-refractivity contribution in [3.8, 4) is 0 Å². The summed E-state index contributed by atoms with van der Waals surface area (Å²) in [4.78, 5) is 0. The first-order chi connectivity index (χ1) is 6.47. The molecule has 5 heteroatoms. The van der Waals surface area contributed by atoms with Crippen molar-refractivity contribution in [2.24, 2.45) is 5.73 Å². The Kier molecular flexibility index (Phi) is 3.39. The van der Waals surface area contributed by atoms with E-state index in [0.717, 1.165) is 12.1 Å². The average Bonchev–Trinajstić information content (AvgIpc) is 2.02. The minimum atomic E-state index is -3.23. The van der Waals surface area contributed by atoms with Crippen LogP contribution in [0, 0.1) is 5.82 Å². The molecule has 0 aliphatic rings. The van der Waals surface area contributed by atoms with Crippen molar-refractivity contribution >= 4 is 11.6 Å². The lowest BCUT2D eigenvalue weighted by molar-refractivity contribution is -0.0140. The van der Waals surface area contributed by atoms with E-state index in [1.807, 2.05) is 0 Å². The smallest absolute Gasteiger partial charge is 0.277 e. The van der Waals surface area contributed by atoms with Crippen LogP contribution >= 0.6 is 11.6 Å². The summed E-state index contributed by atoms with van der Waals surface area (Å²) in [7, 11) is 0. The van der Waals surface area contributed by atoms with Crippen LogP contribution in [0.15, 0.2) is 18.2 Å². The van der Waals surface area contributed by atoms with Crippen molar-refractivity contribution < 1.29 is 13.2 Å². The number of benzene rings is 1. The van der Waals surface area contributed by atoms with Crippen molar-refractivity contribution in [1.29, 1.82) is 0 Å². The summed E-state index contributed by atoms with van der Waals surface area (Å²) in [5, 5.41) is 0.0924. The highest BCUT2D eigenvalue weighted by molar-refractivity contribution is 6.30. The largest absolute Gasteiger partial charge is 0.330 e. The predicted molar refractivity (Wildman–Crippen MR) is 49.0 cm³/mol. The lowest BCUT2D eigenvalue weighted by Gasteiger charge is -2.16. The Morgan fingerprint density at radius 2 is 2.00 bits per heavy atom. The molecular formula is C9H9ClF3N. The van der Waals surface area contributed by atoms with Gasteiger partial charge in [0.2, 0.25) is 0 Å². The van der Waals surface area contributed by atoms with Crippen LogP contribution in [0.2, 0.25) is 5.02 Å². The van der Waals surface area contributed by atoms with Gasteiger partial charge in [0.05, 0.1) is 5.56 Å². The molecule has 0 heterocycles. The zero-order chi connectivity index (χ0) is 10.8. The maximum Gasteiger partial charge on any atom is 0.277 e. The van der Waals surface area contributed by atoms with Gasteiger partial charge in [0.15, 0.2) is 0 Å². The van der Waals surface area contributed by atoms with Crippen LogP contribution < -0.4 is 5.73 Å². The molecule has 0 spiro atoms. The van der Waals surface area contributed by atoms with Gasteiger partial charge in [0, 0.05) is 11.4 Å². The maximum absolute atomic E-state index is 13.2. The fourth-order valence-corrected chi connectivity index (χ4v) is 1.26. The SMILES string of the molecule is NCCC(F)(F)c1ccc(Cl)cc1F. The second-order valence-corrected chi connectivity index (χ2v) is 3.30. The van der Waals surface area contributed by atoms with Crippen LogP contribution in [-0.4, -0.2) is 6.54 Å². The lowest BCUT2D eigenvalue weighted by atomic mass is 10.1. The fraction of sp³-hybridized carbons (Fsp3) is 0.333. The van der Waals surface area contributed by atoms with Crippen LogP contribution in [0.4, 0.5) is 13.2 Å². The molecule has 0 aromatic heterocycles. The molecule has 0 saturated heterocycles. The molecule has 0 fully saturated rings. The first kappa shape index (κ1) is 11.3. The molecule has 1 rings (SSSR count). The van der Waals surface area contributed by atoms with E-state index in [9.17, 15) is 13.2 Å². The molecule has 0 amide bonds. The normalized spacial score (nSPS) is 11.8. The quantitative estimate of drug-likeness (QED) is 0.838. The van der Waals surface area contributed by atoms with Crippen LogP contribution in [0.1, 0.15) is 12.0 Å². The van der Waals surface area contributed by atoms with E-state index in [0.29, 0.717) is 0 Å². The van der Waals surface area contributed by atoms with Gasteiger partial charge in [-0.2, -0.15) is 0 Å². The van der Waals surface area contributed by atoms with E-state index < -0.39 is 23.7 Å². The molecule has 0 atom stereocenters. The van der Waals surface area contributed by atoms with Crippen LogP contribution in [0.25, 0.3) is 0 Å². The van der Waals surface area contributed by atoms with Crippen LogP contribution in [-0.2, 0) is 5.92 Å². The molecule has 0 aliphatic carbocycles. The highest BCUT2D eigenvalue weighted by Crippen LogP contribution is 2.33. The van der Waals surface area contributed by atoms with Crippen LogP contribution in [0.5, 0.6) is 0 Å². The van der Waals surface area contributed by atoms with E-state index in [1.54, 1.807) is 0 Å². The second kappa shape index (κ2) is 4.19. The molecule has 0 bridgehead atoms. The minimum Gasteiger partial charge on any atom is -0.330 e. The van der Waals surface area contributed by atoms with Crippen LogP contribution in [0.3, 0.4) is 0 Å². The third-order valence-corrected chi connectivity index (χ3v) is 2.02. The van der Waals surface area contributed by atoms with Crippen molar-refractivity contribution in [2.45, 2.75) is 12.3 Å². The summed E-state index contributed by atoms with van der Waals surface area (Å²) in [6.07, 6.45) is -0.578. The summed E-state index contributed by atoms with van der Waals surface area (Å²) in [5.41, 5.74) is 4.34. The highest BCUT2D eigenvalue weighted by Gasteiger charge is 2.33. The Hall–Kier alpha value is -0.740. The Labute approximate surface area is 84.7 Å². The number of nitrogens with two attached hydrogens (primary N) is 1. The zero-order valence-electron chi connectivity index (χ0n) is 7.24. The minimum absolute atomic E-state index is 0.0924. The maximum atomic E-state index is 13.2. The standard InChI is InChI=1S/C9H9ClF3N/c10-6-1-2-7(8(11)5-6)9(12,13)3-4-14/h1-2,5H,3-4,14H2. The van der Waals surface area contributed by atoms with E-state index in [1.165, 1.54) is 6.07 Å². The number of alkyl halides is 2. The molecule has 0 aliphatic heterocycles. The van der Waals surface area contributed by atoms with Crippen molar-refractivity contribution in [3.63, 3.8) is 0 Å². The summed E-state index contributed by atoms with van der Waals surface area (Å²) >= 11 is 5.43. The van der Waals surface area contributed by atoms with Gasteiger partial charge in [0.1, 0.15) is 5.82 Å². The van der Waals surface area contributed by atoms with Crippen molar-refractivity contribution in [2.75, 3.05) is 6.54 Å². The molecule has 1 nitrogen and oxygen atoms in total. The third-order valence-electron chi connectivity index (χ3n) is 1.78. The molecule has 1 aromatic carbocycles. The van der Waals surface area contributed by atoms with Gasteiger partial charge >= 0.3 is 0 Å². The van der Waals surface area contributed by atoms with E-state index in [2.05, 4.69) is 0 Å². The molecule has 78 valence electrons. The molecule has 2 N–H and O–H groups in total. The topological polar surface area (TPSA) is 26.0 Å². The Balaban J connectivity index is 3.06. The number of hydrogen-bond acceptors (Lipinski definition) is 1. The number of hydrogen-bond donors (Lipinski definition) is 1. The summed E-state index contributed by atoms with van der Waals surface area (Å²) in [5.74, 6) is -4.24. The van der Waals surface area contributed by atoms with Gasteiger partial charge in [-0.15, -0.1) is 0 Å². The zero-order valence-corrected chi connectivity index (χ0v) is 7.99. The lowest BCUT2D eigenvalue weighted by Crippen LogP contribution is -2.20. The molecular weight excluding hydrogens is 215 g/mol. The van der Waals surface area contributed by atoms with E-state index in [4.69, 9.17) is 17.3 Å². The van der Waals surface area contributed by atoms with Gasteiger partial charge in [-0.3, -0.25) is 0 Å². The number of rotatable bonds is 3.